The summed E-state index contributed by atoms with van der Waals surface area (Å²) in [5, 5.41) is -0.237. The Morgan fingerprint density at radius 2 is 1.77 bits per heavy atom. The molecule has 0 bridgehead atoms. The van der Waals surface area contributed by atoms with E-state index in [0.717, 1.165) is 32.0 Å². The van der Waals surface area contributed by atoms with Gasteiger partial charge in [0.05, 0.1) is 5.02 Å². The molecule has 1 amide bonds. The van der Waals surface area contributed by atoms with E-state index in [9.17, 15) is 18.0 Å². The Bertz CT molecular complexity index is 602. The van der Waals surface area contributed by atoms with Crippen LogP contribution in [0, 0.1) is 0 Å². The van der Waals surface area contributed by atoms with Gasteiger partial charge in [0, 0.05) is 37.8 Å². The van der Waals surface area contributed by atoms with Gasteiger partial charge < -0.3 is 9.64 Å². The van der Waals surface area contributed by atoms with Crippen LogP contribution in [0.15, 0.2) is 18.2 Å². The lowest BCUT2D eigenvalue weighted by Crippen LogP contribution is -2.51. The van der Waals surface area contributed by atoms with Crippen molar-refractivity contribution < 1.29 is 22.7 Å². The molecule has 0 aromatic heterocycles. The van der Waals surface area contributed by atoms with Crippen LogP contribution in [0.25, 0.3) is 0 Å². The fraction of sp³-hybridized carbons (Fsp3) is 0.588. The molecule has 0 N–H and O–H groups in total. The number of benzene rings is 1. The van der Waals surface area contributed by atoms with Gasteiger partial charge in [-0.3, -0.25) is 9.69 Å². The van der Waals surface area contributed by atoms with Gasteiger partial charge in [-0.1, -0.05) is 25.4 Å². The number of nitrogens with zero attached hydrogens (tertiary/aromatic N) is 2. The van der Waals surface area contributed by atoms with E-state index in [1.165, 1.54) is 12.1 Å². The average molecular weight is 415 g/mol. The molecule has 0 unspecified atom stereocenters. The minimum atomic E-state index is -4.82. The van der Waals surface area contributed by atoms with E-state index < -0.39 is 12.1 Å². The second-order valence-corrected chi connectivity index (χ2v) is 6.40. The van der Waals surface area contributed by atoms with E-state index in [1.54, 1.807) is 4.90 Å². The molecule has 1 fully saturated rings. The van der Waals surface area contributed by atoms with Crippen LogP contribution in [0.5, 0.6) is 5.75 Å². The van der Waals surface area contributed by atoms with Gasteiger partial charge in [0.15, 0.2) is 0 Å². The molecule has 26 heavy (non-hydrogen) atoms. The van der Waals surface area contributed by atoms with Gasteiger partial charge in [-0.15, -0.1) is 25.6 Å². The first-order chi connectivity index (χ1) is 11.7. The molecule has 0 radical (unpaired) electrons. The van der Waals surface area contributed by atoms with E-state index in [1.807, 2.05) is 0 Å². The van der Waals surface area contributed by atoms with Crippen molar-refractivity contribution >= 4 is 29.9 Å². The number of carbonyl (C=O) groups is 1. The van der Waals surface area contributed by atoms with Gasteiger partial charge >= 0.3 is 6.36 Å². The number of piperazine rings is 1. The molecule has 1 aromatic rings. The average Bonchev–Trinajstić information content (AvgIpc) is 2.57. The SMILES string of the molecule is CCC(CC)N1CCN(C(=O)c2ccc(OC(F)(F)F)c(Cl)c2)CC1.Cl. The molecule has 0 aliphatic carbocycles. The Labute approximate surface area is 162 Å². The highest BCUT2D eigenvalue weighted by molar-refractivity contribution is 6.32. The lowest BCUT2D eigenvalue weighted by Gasteiger charge is -2.38. The molecule has 1 saturated heterocycles. The smallest absolute Gasteiger partial charge is 0.404 e. The maximum Gasteiger partial charge on any atom is 0.573 e. The molecule has 4 nitrogen and oxygen atoms in total. The lowest BCUT2D eigenvalue weighted by atomic mass is 10.1. The van der Waals surface area contributed by atoms with Crippen molar-refractivity contribution in [1.82, 2.24) is 9.80 Å². The predicted octanol–water partition coefficient (Wildman–Crippen LogP) is 4.61. The molecule has 148 valence electrons. The minimum absolute atomic E-state index is 0. The number of ether oxygens (including phenoxy) is 1. The molecular formula is C17H23Cl2F3N2O2. The molecular weight excluding hydrogens is 392 g/mol. The topological polar surface area (TPSA) is 32.8 Å². The summed E-state index contributed by atoms with van der Waals surface area (Å²) in [7, 11) is 0. The zero-order valence-corrected chi connectivity index (χ0v) is 16.3. The highest BCUT2D eigenvalue weighted by atomic mass is 35.5. The summed E-state index contributed by atoms with van der Waals surface area (Å²) in [4.78, 5) is 16.6. The molecule has 1 aliphatic rings. The third kappa shape index (κ3) is 5.93. The van der Waals surface area contributed by atoms with Gasteiger partial charge in [-0.05, 0) is 31.0 Å². The van der Waals surface area contributed by atoms with E-state index >= 15 is 0 Å². The number of halogens is 5. The first-order valence-corrected chi connectivity index (χ1v) is 8.71. The molecule has 1 aromatic carbocycles. The number of alkyl halides is 3. The summed E-state index contributed by atoms with van der Waals surface area (Å²) in [5.41, 5.74) is 0.260. The molecule has 0 saturated carbocycles. The van der Waals surface area contributed by atoms with E-state index in [2.05, 4.69) is 23.5 Å². The normalized spacial score (nSPS) is 15.7. The van der Waals surface area contributed by atoms with Gasteiger partial charge in [-0.2, -0.15) is 0 Å². The zero-order chi connectivity index (χ0) is 18.6. The molecule has 0 spiro atoms. The summed E-state index contributed by atoms with van der Waals surface area (Å²) in [6.45, 7) is 7.07. The van der Waals surface area contributed by atoms with Crippen LogP contribution in [0.4, 0.5) is 13.2 Å². The fourth-order valence-electron chi connectivity index (χ4n) is 3.12. The van der Waals surface area contributed by atoms with Crippen molar-refractivity contribution in [3.05, 3.63) is 28.8 Å². The van der Waals surface area contributed by atoms with Gasteiger partial charge in [0.1, 0.15) is 5.75 Å². The maximum atomic E-state index is 12.5. The molecule has 1 heterocycles. The monoisotopic (exact) mass is 414 g/mol. The first-order valence-electron chi connectivity index (χ1n) is 8.33. The van der Waals surface area contributed by atoms with Crippen LogP contribution in [-0.2, 0) is 0 Å². The number of carbonyl (C=O) groups excluding carboxylic acids is 1. The van der Waals surface area contributed by atoms with Gasteiger partial charge in [-0.25, -0.2) is 0 Å². The Kier molecular flexibility index (Phi) is 8.50. The number of hydrogen-bond acceptors (Lipinski definition) is 3. The molecule has 9 heteroatoms. The summed E-state index contributed by atoms with van der Waals surface area (Å²) in [5.74, 6) is -0.742. The predicted molar refractivity (Wildman–Crippen MR) is 97.2 cm³/mol. The summed E-state index contributed by atoms with van der Waals surface area (Å²) in [6.07, 6.45) is -2.68. The Morgan fingerprint density at radius 3 is 2.23 bits per heavy atom. The quantitative estimate of drug-likeness (QED) is 0.705. The second kappa shape index (κ2) is 9.67. The largest absolute Gasteiger partial charge is 0.573 e. The summed E-state index contributed by atoms with van der Waals surface area (Å²) in [6, 6.07) is 4.12. The van der Waals surface area contributed by atoms with Gasteiger partial charge in [0.25, 0.3) is 5.91 Å². The van der Waals surface area contributed by atoms with Crippen molar-refractivity contribution in [2.45, 2.75) is 39.1 Å². The van der Waals surface area contributed by atoms with Crippen molar-refractivity contribution in [2.75, 3.05) is 26.2 Å². The van der Waals surface area contributed by atoms with Crippen molar-refractivity contribution in [3.8, 4) is 5.75 Å². The summed E-state index contributed by atoms with van der Waals surface area (Å²) < 4.78 is 40.6. The number of rotatable bonds is 5. The Balaban J connectivity index is 0.00000338. The summed E-state index contributed by atoms with van der Waals surface area (Å²) >= 11 is 5.82. The molecule has 2 rings (SSSR count). The zero-order valence-electron chi connectivity index (χ0n) is 14.7. The second-order valence-electron chi connectivity index (χ2n) is 5.99. The van der Waals surface area contributed by atoms with Crippen LogP contribution in [0.2, 0.25) is 5.02 Å². The van der Waals surface area contributed by atoms with Crippen molar-refractivity contribution in [3.63, 3.8) is 0 Å². The van der Waals surface area contributed by atoms with Crippen molar-refractivity contribution in [1.29, 1.82) is 0 Å². The van der Waals surface area contributed by atoms with Crippen molar-refractivity contribution in [2.24, 2.45) is 0 Å². The van der Waals surface area contributed by atoms with Crippen LogP contribution < -0.4 is 4.74 Å². The lowest BCUT2D eigenvalue weighted by molar-refractivity contribution is -0.274. The highest BCUT2D eigenvalue weighted by Gasteiger charge is 2.32. The third-order valence-corrected chi connectivity index (χ3v) is 4.76. The number of amides is 1. The van der Waals surface area contributed by atoms with Gasteiger partial charge in [0.2, 0.25) is 0 Å². The minimum Gasteiger partial charge on any atom is -0.404 e. The van der Waals surface area contributed by atoms with E-state index in [4.69, 9.17) is 11.6 Å². The first kappa shape index (κ1) is 22.9. The fourth-order valence-corrected chi connectivity index (χ4v) is 3.34. The van der Waals surface area contributed by atoms with Crippen LogP contribution >= 0.6 is 24.0 Å². The maximum absolute atomic E-state index is 12.5. The third-order valence-electron chi connectivity index (χ3n) is 4.46. The Morgan fingerprint density at radius 1 is 1.19 bits per heavy atom. The Hall–Kier alpha value is -1.18. The van der Waals surface area contributed by atoms with E-state index in [0.29, 0.717) is 19.1 Å². The van der Waals surface area contributed by atoms with E-state index in [-0.39, 0.29) is 28.9 Å². The number of hydrogen-bond donors (Lipinski definition) is 0. The standard InChI is InChI=1S/C17H22ClF3N2O2.ClH/c1-3-13(4-2)22-7-9-23(10-8-22)16(24)12-5-6-15(14(18)11-12)25-17(19,20)21;/h5-6,11,13H,3-4,7-10H2,1-2H3;1H. The molecule has 1 aliphatic heterocycles. The van der Waals surface area contributed by atoms with Crippen LogP contribution in [0.1, 0.15) is 37.0 Å². The van der Waals surface area contributed by atoms with Crippen LogP contribution in [0.3, 0.4) is 0 Å². The van der Waals surface area contributed by atoms with Crippen LogP contribution in [-0.4, -0.2) is 54.3 Å². The molecule has 0 atom stereocenters. The highest BCUT2D eigenvalue weighted by Crippen LogP contribution is 2.31.